The summed E-state index contributed by atoms with van der Waals surface area (Å²) in [4.78, 5) is 16.1. The average Bonchev–Trinajstić information content (AvgIpc) is 3.19. The van der Waals surface area contributed by atoms with Crippen LogP contribution >= 0.6 is 0 Å². The van der Waals surface area contributed by atoms with Crippen molar-refractivity contribution in [2.45, 2.75) is 25.3 Å². The van der Waals surface area contributed by atoms with Crippen molar-refractivity contribution in [1.29, 1.82) is 0 Å². The van der Waals surface area contributed by atoms with Gasteiger partial charge in [-0.3, -0.25) is 4.79 Å². The third-order valence-electron chi connectivity index (χ3n) is 2.72. The number of ether oxygens (including phenoxy) is 1. The summed E-state index contributed by atoms with van der Waals surface area (Å²) in [5.74, 6) is 0.646. The molecular formula is C13H19N3O2. The Morgan fingerprint density at radius 3 is 3.06 bits per heavy atom. The number of carbonyl (C=O) groups is 1. The van der Waals surface area contributed by atoms with Crippen LogP contribution < -0.4 is 10.6 Å². The van der Waals surface area contributed by atoms with Gasteiger partial charge in [-0.25, -0.2) is 4.98 Å². The van der Waals surface area contributed by atoms with E-state index in [1.54, 1.807) is 13.2 Å². The largest absolute Gasteiger partial charge is 0.385 e. The Balaban J connectivity index is 1.84. The Morgan fingerprint density at radius 2 is 2.33 bits per heavy atom. The zero-order chi connectivity index (χ0) is 12.8. The van der Waals surface area contributed by atoms with Gasteiger partial charge in [-0.1, -0.05) is 6.07 Å². The molecule has 1 aromatic heterocycles. The lowest BCUT2D eigenvalue weighted by molar-refractivity contribution is 0.0944. The molecular weight excluding hydrogens is 230 g/mol. The molecule has 1 aromatic rings. The number of rotatable bonds is 7. The Labute approximate surface area is 107 Å². The van der Waals surface area contributed by atoms with Crippen molar-refractivity contribution in [2.24, 2.45) is 0 Å². The first-order chi connectivity index (χ1) is 8.79. The van der Waals surface area contributed by atoms with Crippen LogP contribution in [0, 0.1) is 0 Å². The topological polar surface area (TPSA) is 63.2 Å². The van der Waals surface area contributed by atoms with E-state index in [1.165, 1.54) is 12.8 Å². The fourth-order valence-corrected chi connectivity index (χ4v) is 1.59. The van der Waals surface area contributed by atoms with Crippen LogP contribution in [0.2, 0.25) is 0 Å². The monoisotopic (exact) mass is 249 g/mol. The van der Waals surface area contributed by atoms with E-state index in [0.717, 1.165) is 12.2 Å². The van der Waals surface area contributed by atoms with E-state index in [4.69, 9.17) is 4.74 Å². The second kappa shape index (κ2) is 6.35. The molecule has 5 heteroatoms. The maximum absolute atomic E-state index is 11.8. The molecule has 1 saturated carbocycles. The molecule has 0 saturated heterocycles. The Bertz CT molecular complexity index is 405. The zero-order valence-electron chi connectivity index (χ0n) is 10.6. The number of nitrogens with zero attached hydrogens (tertiary/aromatic N) is 1. The molecule has 1 aliphatic carbocycles. The van der Waals surface area contributed by atoms with E-state index < -0.39 is 0 Å². The molecule has 1 amide bonds. The Kier molecular flexibility index (Phi) is 4.52. The van der Waals surface area contributed by atoms with Crippen LogP contribution in [0.4, 0.5) is 5.82 Å². The predicted molar refractivity (Wildman–Crippen MR) is 69.7 cm³/mol. The van der Waals surface area contributed by atoms with Crippen LogP contribution in [0.1, 0.15) is 29.8 Å². The summed E-state index contributed by atoms with van der Waals surface area (Å²) < 4.78 is 4.92. The van der Waals surface area contributed by atoms with E-state index in [9.17, 15) is 4.79 Å². The van der Waals surface area contributed by atoms with Crippen molar-refractivity contribution in [3.05, 3.63) is 23.9 Å². The SMILES string of the molecule is COCCCNC(=O)c1cccc(NC2CC2)n1. The van der Waals surface area contributed by atoms with Gasteiger partial charge in [0.1, 0.15) is 11.5 Å². The maximum atomic E-state index is 11.8. The first-order valence-electron chi connectivity index (χ1n) is 6.30. The van der Waals surface area contributed by atoms with Gasteiger partial charge in [0.2, 0.25) is 0 Å². The highest BCUT2D eigenvalue weighted by Crippen LogP contribution is 2.23. The molecule has 1 heterocycles. The number of nitrogens with one attached hydrogen (secondary N) is 2. The van der Waals surface area contributed by atoms with Gasteiger partial charge in [0.05, 0.1) is 0 Å². The molecule has 0 radical (unpaired) electrons. The second-order valence-electron chi connectivity index (χ2n) is 4.43. The highest BCUT2D eigenvalue weighted by molar-refractivity contribution is 5.92. The van der Waals surface area contributed by atoms with Crippen LogP contribution in [0.5, 0.6) is 0 Å². The van der Waals surface area contributed by atoms with Crippen molar-refractivity contribution in [2.75, 3.05) is 25.6 Å². The van der Waals surface area contributed by atoms with Gasteiger partial charge >= 0.3 is 0 Å². The molecule has 0 aromatic carbocycles. The Hall–Kier alpha value is -1.62. The number of hydrogen-bond donors (Lipinski definition) is 2. The number of hydrogen-bond acceptors (Lipinski definition) is 4. The van der Waals surface area contributed by atoms with Crippen LogP contribution in [-0.2, 0) is 4.74 Å². The summed E-state index contributed by atoms with van der Waals surface area (Å²) in [5, 5.41) is 6.10. The third kappa shape index (κ3) is 4.00. The van der Waals surface area contributed by atoms with Crippen molar-refractivity contribution >= 4 is 11.7 Å². The molecule has 0 aliphatic heterocycles. The standard InChI is InChI=1S/C13H19N3O2/c1-18-9-3-8-14-13(17)11-4-2-5-12(16-11)15-10-6-7-10/h2,4-5,10H,3,6-9H2,1H3,(H,14,17)(H,15,16). The van der Waals surface area contributed by atoms with E-state index in [1.807, 2.05) is 12.1 Å². The van der Waals surface area contributed by atoms with E-state index >= 15 is 0 Å². The molecule has 98 valence electrons. The maximum Gasteiger partial charge on any atom is 0.269 e. The number of carbonyl (C=O) groups excluding carboxylic acids is 1. The fourth-order valence-electron chi connectivity index (χ4n) is 1.59. The summed E-state index contributed by atoms with van der Waals surface area (Å²) in [6.07, 6.45) is 3.19. The lowest BCUT2D eigenvalue weighted by Crippen LogP contribution is -2.26. The molecule has 0 atom stereocenters. The van der Waals surface area contributed by atoms with Gasteiger partial charge in [0, 0.05) is 26.3 Å². The van der Waals surface area contributed by atoms with E-state index in [0.29, 0.717) is 24.9 Å². The van der Waals surface area contributed by atoms with Crippen LogP contribution in [-0.4, -0.2) is 37.2 Å². The first-order valence-corrected chi connectivity index (χ1v) is 6.30. The van der Waals surface area contributed by atoms with E-state index in [2.05, 4.69) is 15.6 Å². The fraction of sp³-hybridized carbons (Fsp3) is 0.538. The zero-order valence-corrected chi connectivity index (χ0v) is 10.6. The van der Waals surface area contributed by atoms with Gasteiger partial charge in [-0.2, -0.15) is 0 Å². The van der Waals surface area contributed by atoms with Gasteiger partial charge < -0.3 is 15.4 Å². The third-order valence-corrected chi connectivity index (χ3v) is 2.72. The van der Waals surface area contributed by atoms with E-state index in [-0.39, 0.29) is 5.91 Å². The lowest BCUT2D eigenvalue weighted by atomic mass is 10.3. The number of pyridine rings is 1. The minimum atomic E-state index is -0.134. The normalized spacial score (nSPS) is 14.3. The molecule has 1 aliphatic rings. The molecule has 5 nitrogen and oxygen atoms in total. The summed E-state index contributed by atoms with van der Waals surface area (Å²) in [6.45, 7) is 1.26. The number of amides is 1. The molecule has 0 spiro atoms. The molecule has 1 fully saturated rings. The van der Waals surface area contributed by atoms with Gasteiger partial charge in [-0.05, 0) is 31.4 Å². The summed E-state index contributed by atoms with van der Waals surface area (Å²) in [7, 11) is 1.65. The molecule has 18 heavy (non-hydrogen) atoms. The summed E-state index contributed by atoms with van der Waals surface area (Å²) in [6, 6.07) is 6.00. The number of aromatic nitrogens is 1. The van der Waals surface area contributed by atoms with Crippen molar-refractivity contribution in [3.8, 4) is 0 Å². The van der Waals surface area contributed by atoms with Crippen LogP contribution in [0.15, 0.2) is 18.2 Å². The molecule has 2 N–H and O–H groups in total. The quantitative estimate of drug-likeness (QED) is 0.717. The van der Waals surface area contributed by atoms with Gasteiger partial charge in [-0.15, -0.1) is 0 Å². The molecule has 2 rings (SSSR count). The van der Waals surface area contributed by atoms with Crippen molar-refractivity contribution in [3.63, 3.8) is 0 Å². The van der Waals surface area contributed by atoms with Crippen molar-refractivity contribution in [1.82, 2.24) is 10.3 Å². The Morgan fingerprint density at radius 1 is 1.50 bits per heavy atom. The number of methoxy groups -OCH3 is 1. The van der Waals surface area contributed by atoms with Crippen molar-refractivity contribution < 1.29 is 9.53 Å². The minimum Gasteiger partial charge on any atom is -0.385 e. The van der Waals surface area contributed by atoms with Crippen LogP contribution in [0.3, 0.4) is 0 Å². The smallest absolute Gasteiger partial charge is 0.269 e. The first kappa shape index (κ1) is 12.8. The number of anilines is 1. The predicted octanol–water partition coefficient (Wildman–Crippen LogP) is 1.42. The lowest BCUT2D eigenvalue weighted by Gasteiger charge is -2.07. The summed E-state index contributed by atoms with van der Waals surface area (Å²) in [5.41, 5.74) is 0.457. The van der Waals surface area contributed by atoms with Gasteiger partial charge in [0.15, 0.2) is 0 Å². The van der Waals surface area contributed by atoms with Crippen LogP contribution in [0.25, 0.3) is 0 Å². The minimum absolute atomic E-state index is 0.134. The molecule has 0 unspecified atom stereocenters. The molecule has 0 bridgehead atoms. The second-order valence-corrected chi connectivity index (χ2v) is 4.43. The average molecular weight is 249 g/mol. The summed E-state index contributed by atoms with van der Waals surface area (Å²) >= 11 is 0. The highest BCUT2D eigenvalue weighted by Gasteiger charge is 2.21. The van der Waals surface area contributed by atoms with Gasteiger partial charge in [0.25, 0.3) is 5.91 Å². The highest BCUT2D eigenvalue weighted by atomic mass is 16.5.